The van der Waals surface area contributed by atoms with Crippen LogP contribution in [0.4, 0.5) is 0 Å². The second-order valence-electron chi connectivity index (χ2n) is 4.29. The summed E-state index contributed by atoms with van der Waals surface area (Å²) in [6.45, 7) is -0.520. The van der Waals surface area contributed by atoms with E-state index in [2.05, 4.69) is 10.6 Å². The fourth-order valence-corrected chi connectivity index (χ4v) is 2.01. The van der Waals surface area contributed by atoms with Gasteiger partial charge in [-0.1, -0.05) is 0 Å². The van der Waals surface area contributed by atoms with Gasteiger partial charge < -0.3 is 10.4 Å². The molecule has 0 aliphatic carbocycles. The molecular weight excluding hydrogens is 270 g/mol. The molecule has 2 aliphatic heterocycles. The predicted octanol–water partition coefficient (Wildman–Crippen LogP) is -2.28. The summed E-state index contributed by atoms with van der Waals surface area (Å²) in [5, 5.41) is 12.9. The normalized spacial score (nSPS) is 22.7. The Balaban J connectivity index is 2.10. The first-order chi connectivity index (χ1) is 9.40. The zero-order valence-electron chi connectivity index (χ0n) is 10.2. The number of hydrogen-bond acceptors (Lipinski definition) is 6. The van der Waals surface area contributed by atoms with Crippen LogP contribution in [0.2, 0.25) is 0 Å². The molecule has 2 rings (SSSR count). The summed E-state index contributed by atoms with van der Waals surface area (Å²) in [6.07, 6.45) is 1.03. The molecular formula is C11H11N3O6. The molecule has 0 bridgehead atoms. The predicted molar refractivity (Wildman–Crippen MR) is 61.7 cm³/mol. The molecule has 1 fully saturated rings. The Morgan fingerprint density at radius 1 is 1.40 bits per heavy atom. The minimum absolute atomic E-state index is 0.0331. The maximum atomic E-state index is 12.0. The van der Waals surface area contributed by atoms with Crippen molar-refractivity contribution < 1.29 is 29.1 Å². The Bertz CT molecular complexity index is 552. The van der Waals surface area contributed by atoms with Crippen LogP contribution in [-0.2, 0) is 24.0 Å². The number of hydrogen-bond donors (Lipinski definition) is 3. The van der Waals surface area contributed by atoms with Gasteiger partial charge in [0.05, 0.1) is 0 Å². The van der Waals surface area contributed by atoms with Crippen molar-refractivity contribution in [2.45, 2.75) is 18.9 Å². The van der Waals surface area contributed by atoms with Gasteiger partial charge in [0.25, 0.3) is 11.8 Å². The van der Waals surface area contributed by atoms with E-state index in [4.69, 9.17) is 5.11 Å². The summed E-state index contributed by atoms with van der Waals surface area (Å²) in [5.41, 5.74) is -0.179. The molecule has 2 aliphatic rings. The second-order valence-corrected chi connectivity index (χ2v) is 4.29. The Kier molecular flexibility index (Phi) is 3.51. The van der Waals surface area contributed by atoms with Gasteiger partial charge in [-0.05, 0) is 6.42 Å². The van der Waals surface area contributed by atoms with E-state index in [0.717, 1.165) is 11.0 Å². The molecule has 9 heteroatoms. The zero-order chi connectivity index (χ0) is 14.9. The number of nitrogens with one attached hydrogen (secondary N) is 2. The van der Waals surface area contributed by atoms with Crippen LogP contribution in [0.3, 0.4) is 0 Å². The van der Waals surface area contributed by atoms with Gasteiger partial charge in [0.2, 0.25) is 11.8 Å². The summed E-state index contributed by atoms with van der Waals surface area (Å²) >= 11 is 0. The van der Waals surface area contributed by atoms with E-state index in [0.29, 0.717) is 0 Å². The number of piperidine rings is 1. The molecule has 2 heterocycles. The van der Waals surface area contributed by atoms with Crippen molar-refractivity contribution in [2.75, 3.05) is 6.54 Å². The highest BCUT2D eigenvalue weighted by atomic mass is 16.4. The van der Waals surface area contributed by atoms with E-state index in [-0.39, 0.29) is 18.5 Å². The summed E-state index contributed by atoms with van der Waals surface area (Å²) in [6, 6.07) is -1.05. The SMILES string of the molecule is O=C(O)CNC1=CC(=O)N(C2CCC(=O)NC2=O)C1=O. The molecule has 0 saturated carbocycles. The third-order valence-electron chi connectivity index (χ3n) is 2.91. The molecule has 0 aromatic rings. The highest BCUT2D eigenvalue weighted by molar-refractivity contribution is 6.18. The highest BCUT2D eigenvalue weighted by Gasteiger charge is 2.42. The van der Waals surface area contributed by atoms with E-state index < -0.39 is 42.2 Å². The topological polar surface area (TPSA) is 133 Å². The monoisotopic (exact) mass is 281 g/mol. The molecule has 3 N–H and O–H groups in total. The summed E-state index contributed by atoms with van der Waals surface area (Å²) < 4.78 is 0. The van der Waals surface area contributed by atoms with Crippen molar-refractivity contribution in [1.82, 2.24) is 15.5 Å². The van der Waals surface area contributed by atoms with Gasteiger partial charge in [0.1, 0.15) is 18.3 Å². The van der Waals surface area contributed by atoms with Crippen molar-refractivity contribution in [3.63, 3.8) is 0 Å². The molecule has 20 heavy (non-hydrogen) atoms. The number of nitrogens with zero attached hydrogens (tertiary/aromatic N) is 1. The maximum Gasteiger partial charge on any atom is 0.322 e. The fraction of sp³-hybridized carbons (Fsp3) is 0.364. The van der Waals surface area contributed by atoms with Crippen molar-refractivity contribution in [2.24, 2.45) is 0 Å². The van der Waals surface area contributed by atoms with Crippen molar-refractivity contribution in [1.29, 1.82) is 0 Å². The summed E-state index contributed by atoms with van der Waals surface area (Å²) in [5.74, 6) is -3.84. The number of aliphatic carboxylic acids is 1. The van der Waals surface area contributed by atoms with Crippen LogP contribution < -0.4 is 10.6 Å². The average molecular weight is 281 g/mol. The number of amides is 4. The van der Waals surface area contributed by atoms with Gasteiger partial charge in [0.15, 0.2) is 0 Å². The van der Waals surface area contributed by atoms with Crippen LogP contribution in [0.1, 0.15) is 12.8 Å². The first kappa shape index (κ1) is 13.7. The number of carboxylic acids is 1. The molecule has 9 nitrogen and oxygen atoms in total. The minimum Gasteiger partial charge on any atom is -0.480 e. The van der Waals surface area contributed by atoms with E-state index in [9.17, 15) is 24.0 Å². The lowest BCUT2D eigenvalue weighted by Gasteiger charge is -2.28. The molecule has 1 atom stereocenters. The van der Waals surface area contributed by atoms with Crippen molar-refractivity contribution >= 4 is 29.6 Å². The number of rotatable bonds is 4. The molecule has 0 aromatic heterocycles. The van der Waals surface area contributed by atoms with Crippen LogP contribution in [0.5, 0.6) is 0 Å². The van der Waals surface area contributed by atoms with Gasteiger partial charge in [-0.3, -0.25) is 34.2 Å². The Morgan fingerprint density at radius 3 is 2.70 bits per heavy atom. The maximum absolute atomic E-state index is 12.0. The smallest absolute Gasteiger partial charge is 0.322 e. The van der Waals surface area contributed by atoms with Gasteiger partial charge in [0, 0.05) is 12.5 Å². The highest BCUT2D eigenvalue weighted by Crippen LogP contribution is 2.19. The third kappa shape index (κ3) is 2.51. The van der Waals surface area contributed by atoms with Crippen LogP contribution in [0.15, 0.2) is 11.8 Å². The lowest BCUT2D eigenvalue weighted by molar-refractivity contribution is -0.149. The molecule has 1 unspecified atom stereocenters. The molecule has 0 radical (unpaired) electrons. The molecule has 0 spiro atoms. The van der Waals surface area contributed by atoms with Crippen LogP contribution >= 0.6 is 0 Å². The Hall–Kier alpha value is -2.71. The van der Waals surface area contributed by atoms with E-state index >= 15 is 0 Å². The van der Waals surface area contributed by atoms with Gasteiger partial charge in [-0.2, -0.15) is 0 Å². The standard InChI is InChI=1S/C11H11N3O6/c15-7-2-1-6(10(19)13-7)14-8(16)3-5(11(14)20)12-4-9(17)18/h3,6,12H,1-2,4H2,(H,17,18)(H,13,15,19). The zero-order valence-corrected chi connectivity index (χ0v) is 10.2. The van der Waals surface area contributed by atoms with E-state index in [1.165, 1.54) is 0 Å². The number of carbonyl (C=O) groups excluding carboxylic acids is 4. The molecule has 1 saturated heterocycles. The Labute approximate surface area is 112 Å². The van der Waals surface area contributed by atoms with Crippen LogP contribution in [0, 0.1) is 0 Å². The number of carbonyl (C=O) groups is 5. The Morgan fingerprint density at radius 2 is 2.10 bits per heavy atom. The van der Waals surface area contributed by atoms with Gasteiger partial charge >= 0.3 is 5.97 Å². The third-order valence-corrected chi connectivity index (χ3v) is 2.91. The average Bonchev–Trinajstić information content (AvgIpc) is 2.63. The summed E-state index contributed by atoms with van der Waals surface area (Å²) in [4.78, 5) is 57.5. The van der Waals surface area contributed by atoms with Crippen LogP contribution in [-0.4, -0.2) is 52.2 Å². The van der Waals surface area contributed by atoms with E-state index in [1.807, 2.05) is 0 Å². The molecule has 0 aromatic carbocycles. The van der Waals surface area contributed by atoms with Gasteiger partial charge in [-0.25, -0.2) is 0 Å². The number of imide groups is 2. The second kappa shape index (κ2) is 5.11. The summed E-state index contributed by atoms with van der Waals surface area (Å²) in [7, 11) is 0. The lowest BCUT2D eigenvalue weighted by atomic mass is 10.0. The van der Waals surface area contributed by atoms with Crippen molar-refractivity contribution in [3.05, 3.63) is 11.8 Å². The van der Waals surface area contributed by atoms with Crippen molar-refractivity contribution in [3.8, 4) is 0 Å². The first-order valence-electron chi connectivity index (χ1n) is 5.78. The quantitative estimate of drug-likeness (QED) is 0.494. The minimum atomic E-state index is -1.19. The van der Waals surface area contributed by atoms with E-state index in [1.54, 1.807) is 0 Å². The largest absolute Gasteiger partial charge is 0.480 e. The lowest BCUT2D eigenvalue weighted by Crippen LogP contribution is -2.54. The van der Waals surface area contributed by atoms with Crippen LogP contribution in [0.25, 0.3) is 0 Å². The first-order valence-corrected chi connectivity index (χ1v) is 5.78. The fourth-order valence-electron chi connectivity index (χ4n) is 2.01. The molecule has 106 valence electrons. The van der Waals surface area contributed by atoms with Gasteiger partial charge in [-0.15, -0.1) is 0 Å². The number of carboxylic acid groups (broad SMARTS) is 1. The molecule has 4 amide bonds.